The quantitative estimate of drug-likeness (QED) is 0.481. The second kappa shape index (κ2) is 8.49. The Morgan fingerprint density at radius 1 is 1.21 bits per heavy atom. The van der Waals surface area contributed by atoms with Gasteiger partial charge in [0.15, 0.2) is 0 Å². The summed E-state index contributed by atoms with van der Waals surface area (Å²) in [5, 5.41) is 2.65. The van der Waals surface area contributed by atoms with Crippen molar-refractivity contribution in [2.75, 3.05) is 20.6 Å². The lowest BCUT2D eigenvalue weighted by atomic mass is 10.1. The Morgan fingerprint density at radius 3 is 2.69 bits per heavy atom. The van der Waals surface area contributed by atoms with Crippen molar-refractivity contribution in [3.05, 3.63) is 64.8 Å². The highest BCUT2D eigenvalue weighted by Gasteiger charge is 2.22. The van der Waals surface area contributed by atoms with Gasteiger partial charge in [-0.15, -0.1) is 0 Å². The fourth-order valence-corrected chi connectivity index (χ4v) is 4.36. The molecule has 1 aliphatic rings. The number of hydrogen-bond donors (Lipinski definition) is 1. The molecule has 0 atom stereocenters. The lowest BCUT2D eigenvalue weighted by Gasteiger charge is -2.10. The van der Waals surface area contributed by atoms with Gasteiger partial charge in [-0.1, -0.05) is 42.2 Å². The normalized spacial score (nSPS) is 15.6. The van der Waals surface area contributed by atoms with Gasteiger partial charge in [0.2, 0.25) is 0 Å². The third-order valence-corrected chi connectivity index (χ3v) is 5.96. The number of hydrogen-bond acceptors (Lipinski definition) is 5. The molecule has 5 nitrogen and oxygen atoms in total. The van der Waals surface area contributed by atoms with Crippen molar-refractivity contribution in [2.24, 2.45) is 0 Å². The smallest absolute Gasteiger partial charge is 0.263 e. The molecule has 1 saturated heterocycles. The van der Waals surface area contributed by atoms with E-state index in [1.54, 1.807) is 0 Å². The van der Waals surface area contributed by atoms with E-state index in [0.29, 0.717) is 9.23 Å². The van der Waals surface area contributed by atoms with Crippen LogP contribution in [-0.2, 0) is 11.2 Å². The van der Waals surface area contributed by atoms with E-state index in [0.717, 1.165) is 41.7 Å². The maximum absolute atomic E-state index is 11.9. The number of benzene rings is 2. The van der Waals surface area contributed by atoms with Gasteiger partial charge >= 0.3 is 0 Å². The average molecular weight is 423 g/mol. The van der Waals surface area contributed by atoms with Crippen LogP contribution in [0, 0.1) is 0 Å². The highest BCUT2D eigenvalue weighted by molar-refractivity contribution is 8.26. The number of nitrogens with zero attached hydrogens (tertiary/aromatic N) is 3. The summed E-state index contributed by atoms with van der Waals surface area (Å²) in [7, 11) is 4.20. The fraction of sp³-hybridized carbons (Fsp3) is 0.227. The molecule has 148 valence electrons. The molecular formula is C22H22N4OS2. The van der Waals surface area contributed by atoms with Gasteiger partial charge < -0.3 is 10.2 Å². The zero-order chi connectivity index (χ0) is 20.4. The van der Waals surface area contributed by atoms with Crippen molar-refractivity contribution in [2.45, 2.75) is 12.8 Å². The minimum absolute atomic E-state index is 0.140. The predicted octanol–water partition coefficient (Wildman–Crippen LogP) is 4.01. The van der Waals surface area contributed by atoms with Crippen LogP contribution in [-0.4, -0.2) is 45.3 Å². The van der Waals surface area contributed by atoms with E-state index in [4.69, 9.17) is 12.2 Å². The number of rotatable bonds is 6. The zero-order valence-corrected chi connectivity index (χ0v) is 18.0. The van der Waals surface area contributed by atoms with Crippen LogP contribution < -0.4 is 5.32 Å². The van der Waals surface area contributed by atoms with Crippen LogP contribution in [0.3, 0.4) is 0 Å². The largest absolute Gasteiger partial charge is 0.309 e. The minimum atomic E-state index is -0.140. The van der Waals surface area contributed by atoms with Crippen LogP contribution in [0.25, 0.3) is 22.8 Å². The van der Waals surface area contributed by atoms with Gasteiger partial charge in [0.05, 0.1) is 15.9 Å². The number of thiocarbonyl (C=S) groups is 1. The minimum Gasteiger partial charge on any atom is -0.309 e. The van der Waals surface area contributed by atoms with Crippen LogP contribution in [0.4, 0.5) is 0 Å². The Bertz CT molecular complexity index is 1100. The Balaban J connectivity index is 1.59. The molecule has 0 bridgehead atoms. The number of carbonyl (C=O) groups is 1. The molecule has 0 saturated carbocycles. The van der Waals surface area contributed by atoms with Crippen molar-refractivity contribution in [3.8, 4) is 5.69 Å². The van der Waals surface area contributed by atoms with Gasteiger partial charge in [0.1, 0.15) is 10.6 Å². The van der Waals surface area contributed by atoms with E-state index >= 15 is 0 Å². The second-order valence-electron chi connectivity index (χ2n) is 7.29. The van der Waals surface area contributed by atoms with E-state index in [1.165, 1.54) is 17.3 Å². The van der Waals surface area contributed by atoms with Gasteiger partial charge in [-0.2, -0.15) is 0 Å². The molecule has 2 heterocycles. The first-order chi connectivity index (χ1) is 14.0. The lowest BCUT2D eigenvalue weighted by Crippen LogP contribution is -2.17. The van der Waals surface area contributed by atoms with Crippen molar-refractivity contribution in [1.29, 1.82) is 0 Å². The van der Waals surface area contributed by atoms with Gasteiger partial charge in [-0.3, -0.25) is 9.36 Å². The van der Waals surface area contributed by atoms with Crippen molar-refractivity contribution in [1.82, 2.24) is 19.8 Å². The van der Waals surface area contributed by atoms with Crippen LogP contribution in [0.15, 0.2) is 53.7 Å². The highest BCUT2D eigenvalue weighted by Crippen LogP contribution is 2.27. The number of imidazole rings is 1. The highest BCUT2D eigenvalue weighted by atomic mass is 32.2. The van der Waals surface area contributed by atoms with Crippen LogP contribution in [0.2, 0.25) is 0 Å². The summed E-state index contributed by atoms with van der Waals surface area (Å²) in [5.74, 6) is -0.140. The summed E-state index contributed by atoms with van der Waals surface area (Å²) in [4.78, 5) is 19.3. The topological polar surface area (TPSA) is 50.2 Å². The van der Waals surface area contributed by atoms with Gasteiger partial charge in [-0.25, -0.2) is 4.98 Å². The summed E-state index contributed by atoms with van der Waals surface area (Å²) >= 11 is 6.35. The molecule has 2 aromatic carbocycles. The molecule has 3 aromatic rings. The molecular weight excluding hydrogens is 400 g/mol. The summed E-state index contributed by atoms with van der Waals surface area (Å²) in [5.41, 5.74) is 5.28. The Labute approximate surface area is 179 Å². The van der Waals surface area contributed by atoms with E-state index < -0.39 is 0 Å². The molecule has 0 unspecified atom stereocenters. The first-order valence-electron chi connectivity index (χ1n) is 9.45. The SMILES string of the molecule is CN(C)CCCc1ccc(-n2cnc3ccc(C=C4SC(=S)NC4=O)cc32)cc1. The van der Waals surface area contributed by atoms with Crippen LogP contribution in [0.1, 0.15) is 17.5 Å². The standard InChI is InChI=1S/C22H22N4OS2/c1-25(2)11-3-4-15-5-8-17(9-6-15)26-14-23-18-10-7-16(12-19(18)26)13-20-21(27)24-22(28)29-20/h5-10,12-14H,3-4,11H2,1-2H3,(H,24,27,28). The summed E-state index contributed by atoms with van der Waals surface area (Å²) in [6.07, 6.45) is 5.93. The molecule has 0 spiro atoms. The second-order valence-corrected chi connectivity index (χ2v) is 9.01. The average Bonchev–Trinajstić information content (AvgIpc) is 3.24. The number of thioether (sulfide) groups is 1. The molecule has 1 aliphatic heterocycles. The molecule has 29 heavy (non-hydrogen) atoms. The van der Waals surface area contributed by atoms with E-state index in [2.05, 4.69) is 64.2 Å². The third-order valence-electron chi connectivity index (χ3n) is 4.80. The molecule has 4 rings (SSSR count). The Morgan fingerprint density at radius 2 is 2.00 bits per heavy atom. The van der Waals surface area contributed by atoms with E-state index in [9.17, 15) is 4.79 Å². The molecule has 0 radical (unpaired) electrons. The van der Waals surface area contributed by atoms with Gasteiger partial charge in [0, 0.05) is 5.69 Å². The number of amides is 1. The van der Waals surface area contributed by atoms with Gasteiger partial charge in [0.25, 0.3) is 5.91 Å². The molecule has 0 aliphatic carbocycles. The van der Waals surface area contributed by atoms with E-state index in [1.807, 2.05) is 24.5 Å². The Kier molecular flexibility index (Phi) is 5.80. The third kappa shape index (κ3) is 4.58. The first-order valence-corrected chi connectivity index (χ1v) is 10.7. The first kappa shape index (κ1) is 19.8. The van der Waals surface area contributed by atoms with Gasteiger partial charge in [-0.05, 0) is 75.0 Å². The molecule has 1 amide bonds. The maximum Gasteiger partial charge on any atom is 0.263 e. The van der Waals surface area contributed by atoms with Crippen LogP contribution >= 0.6 is 24.0 Å². The number of nitrogens with one attached hydrogen (secondary N) is 1. The van der Waals surface area contributed by atoms with Crippen molar-refractivity contribution in [3.63, 3.8) is 0 Å². The number of aryl methyl sites for hydroxylation is 1. The summed E-state index contributed by atoms with van der Waals surface area (Å²) < 4.78 is 2.58. The number of fused-ring (bicyclic) bond motifs is 1. The maximum atomic E-state index is 11.9. The summed E-state index contributed by atoms with van der Waals surface area (Å²) in [6, 6.07) is 14.6. The number of aromatic nitrogens is 2. The van der Waals surface area contributed by atoms with E-state index in [-0.39, 0.29) is 5.91 Å². The summed E-state index contributed by atoms with van der Waals surface area (Å²) in [6.45, 7) is 1.09. The van der Waals surface area contributed by atoms with Crippen molar-refractivity contribution >= 4 is 51.3 Å². The Hall–Kier alpha value is -2.48. The lowest BCUT2D eigenvalue weighted by molar-refractivity contribution is -0.115. The molecule has 1 N–H and O–H groups in total. The zero-order valence-electron chi connectivity index (χ0n) is 16.4. The fourth-order valence-electron chi connectivity index (χ4n) is 3.32. The predicted molar refractivity (Wildman–Crippen MR) is 124 cm³/mol. The molecule has 1 fully saturated rings. The monoisotopic (exact) mass is 422 g/mol. The van der Waals surface area contributed by atoms with Crippen molar-refractivity contribution < 1.29 is 4.79 Å². The molecule has 7 heteroatoms. The number of carbonyl (C=O) groups excluding carboxylic acids is 1. The van der Waals surface area contributed by atoms with Crippen LogP contribution in [0.5, 0.6) is 0 Å². The molecule has 1 aromatic heterocycles.